The van der Waals surface area contributed by atoms with Gasteiger partial charge in [-0.1, -0.05) is 48.0 Å². The highest BCUT2D eigenvalue weighted by Crippen LogP contribution is 2.38. The fourth-order valence-electron chi connectivity index (χ4n) is 7.35. The Morgan fingerprint density at radius 1 is 0.829 bits per heavy atom. The average molecular weight is 1050 g/mol. The number of likely N-dealkylation sites (tertiary alicyclic amines) is 1. The topological polar surface area (TPSA) is 222 Å². The number of anilines is 1. The molecule has 3 fully saturated rings. The van der Waals surface area contributed by atoms with Crippen molar-refractivity contribution in [1.82, 2.24) is 25.2 Å². The Morgan fingerprint density at radius 3 is 1.91 bits per heavy atom. The Kier molecular flexibility index (Phi) is 16.9. The average Bonchev–Trinajstić information content (AvgIpc) is 3.80. The van der Waals surface area contributed by atoms with Gasteiger partial charge in [0.1, 0.15) is 40.4 Å². The van der Waals surface area contributed by atoms with Crippen molar-refractivity contribution in [3.8, 4) is 23.0 Å². The summed E-state index contributed by atoms with van der Waals surface area (Å²) < 4.78 is 160. The van der Waals surface area contributed by atoms with Gasteiger partial charge in [0.25, 0.3) is 0 Å². The molecule has 3 aliphatic rings. The van der Waals surface area contributed by atoms with Crippen molar-refractivity contribution in [3.63, 3.8) is 0 Å². The normalized spacial score (nSPS) is 19.2. The molecule has 0 spiro atoms. The molecule has 4 atom stereocenters. The number of piperazine rings is 1. The van der Waals surface area contributed by atoms with Gasteiger partial charge in [-0.2, -0.15) is 57.9 Å². The molecular formula is C41H36ClF11N6O10S. The number of carboxylic acid groups (broad SMARTS) is 3. The van der Waals surface area contributed by atoms with Gasteiger partial charge >= 0.3 is 52.7 Å². The van der Waals surface area contributed by atoms with E-state index in [-0.39, 0.29) is 41.7 Å². The van der Waals surface area contributed by atoms with E-state index in [9.17, 15) is 51.8 Å². The maximum atomic E-state index is 16.7. The minimum absolute atomic E-state index is 0.0546. The van der Waals surface area contributed by atoms with Crippen molar-refractivity contribution >= 4 is 67.2 Å². The van der Waals surface area contributed by atoms with Crippen LogP contribution in [0, 0.1) is 5.82 Å². The zero-order valence-corrected chi connectivity index (χ0v) is 37.1. The minimum atomic E-state index is -5.08. The zero-order valence-electron chi connectivity index (χ0n) is 35.5. The third-order valence-corrected chi connectivity index (χ3v) is 11.6. The molecule has 2 aromatic heterocycles. The van der Waals surface area contributed by atoms with Crippen LogP contribution in [-0.4, -0.2) is 138 Å². The Labute approximate surface area is 392 Å². The van der Waals surface area contributed by atoms with Crippen molar-refractivity contribution in [3.05, 3.63) is 77.7 Å². The molecule has 3 aromatic carbocycles. The first-order chi connectivity index (χ1) is 32.4. The number of nitrogens with zero attached hydrogens (tertiary/aromatic N) is 5. The molecule has 8 rings (SSSR count). The van der Waals surface area contributed by atoms with E-state index in [0.29, 0.717) is 52.2 Å². The predicted molar refractivity (Wildman–Crippen MR) is 224 cm³/mol. The number of pyridine rings is 1. The summed E-state index contributed by atoms with van der Waals surface area (Å²) in [6.07, 6.45) is -11.2. The molecule has 5 aromatic rings. The molecule has 29 heteroatoms. The number of aromatic nitrogens is 3. The first-order valence-electron chi connectivity index (χ1n) is 19.9. The second kappa shape index (κ2) is 21.7. The molecule has 5 heterocycles. The third kappa shape index (κ3) is 14.1. The molecule has 16 nitrogen and oxygen atoms in total. The monoisotopic (exact) mass is 1050 g/mol. The lowest BCUT2D eigenvalue weighted by Gasteiger charge is -2.34. The first kappa shape index (κ1) is 54.5. The Hall–Kier alpha value is -6.39. The van der Waals surface area contributed by atoms with Crippen molar-refractivity contribution in [2.45, 2.75) is 66.9 Å². The van der Waals surface area contributed by atoms with Gasteiger partial charge < -0.3 is 35.0 Å². The summed E-state index contributed by atoms with van der Waals surface area (Å²) >= 11 is 6.60. The van der Waals surface area contributed by atoms with E-state index in [1.54, 1.807) is 24.4 Å². The smallest absolute Gasteiger partial charge is 0.489 e. The van der Waals surface area contributed by atoms with Gasteiger partial charge in [0, 0.05) is 72.4 Å². The fraction of sp³-hybridized carbons (Fsp3) is 0.366. The number of carboxylic acids is 3. The molecule has 2 bridgehead atoms. The zero-order chi connectivity index (χ0) is 52.1. The highest BCUT2D eigenvalue weighted by molar-refractivity contribution is 7.86. The number of hydrogen-bond donors (Lipinski definition) is 4. The summed E-state index contributed by atoms with van der Waals surface area (Å²) in [5.74, 6) is -8.01. The summed E-state index contributed by atoms with van der Waals surface area (Å²) in [5.41, 5.74) is 0.824. The van der Waals surface area contributed by atoms with Crippen LogP contribution in [0.2, 0.25) is 5.02 Å². The number of halogens is 12. The number of benzene rings is 3. The van der Waals surface area contributed by atoms with E-state index < -0.39 is 57.4 Å². The molecular weight excluding hydrogens is 1010 g/mol. The van der Waals surface area contributed by atoms with Gasteiger partial charge in [0.2, 0.25) is 0 Å². The SMILES string of the molecule is CN1C[C@H](Oc2cccc(S(=O)(=O)F)c2)C[C@H]1COc1nc(N2C[C@H]3CC[C@@H](C2)N3)c2cnc(-c3cccc4cccc(Cl)c34)c(F)c2n1.O=C(O)C(F)(F)F.O=C(O)C(F)(F)F.O=C(O)C(F)(F)F. The fourth-order valence-corrected chi connectivity index (χ4v) is 8.13. The van der Waals surface area contributed by atoms with Crippen LogP contribution in [0.25, 0.3) is 32.9 Å². The number of nitrogens with one attached hydrogen (secondary N) is 1. The minimum Gasteiger partial charge on any atom is -0.489 e. The van der Waals surface area contributed by atoms with E-state index in [1.807, 2.05) is 31.3 Å². The van der Waals surface area contributed by atoms with Crippen LogP contribution in [0.5, 0.6) is 11.8 Å². The largest absolute Gasteiger partial charge is 0.490 e. The molecule has 380 valence electrons. The van der Waals surface area contributed by atoms with E-state index in [1.165, 1.54) is 18.2 Å². The van der Waals surface area contributed by atoms with Crippen LogP contribution >= 0.6 is 11.6 Å². The van der Waals surface area contributed by atoms with Crippen molar-refractivity contribution in [1.29, 1.82) is 0 Å². The molecule has 70 heavy (non-hydrogen) atoms. The Morgan fingerprint density at radius 2 is 1.37 bits per heavy atom. The maximum absolute atomic E-state index is 16.7. The third-order valence-electron chi connectivity index (χ3n) is 10.4. The highest BCUT2D eigenvalue weighted by Gasteiger charge is 2.40. The molecule has 3 aliphatic heterocycles. The predicted octanol–water partition coefficient (Wildman–Crippen LogP) is 7.67. The number of hydrogen-bond acceptors (Lipinski definition) is 13. The van der Waals surface area contributed by atoms with E-state index in [4.69, 9.17) is 55.8 Å². The van der Waals surface area contributed by atoms with Crippen LogP contribution in [0.3, 0.4) is 0 Å². The molecule has 0 aliphatic carbocycles. The lowest BCUT2D eigenvalue weighted by atomic mass is 10.0. The number of likely N-dealkylation sites (N-methyl/N-ethyl adjacent to an activating group) is 1. The van der Waals surface area contributed by atoms with Gasteiger partial charge in [0.05, 0.1) is 5.39 Å². The molecule has 0 unspecified atom stereocenters. The van der Waals surface area contributed by atoms with Gasteiger partial charge in [-0.25, -0.2) is 18.8 Å². The van der Waals surface area contributed by atoms with Crippen molar-refractivity contribution in [2.75, 3.05) is 38.2 Å². The number of carbonyl (C=O) groups is 3. The van der Waals surface area contributed by atoms with Crippen LogP contribution in [0.15, 0.2) is 71.8 Å². The number of alkyl halides is 9. The lowest BCUT2D eigenvalue weighted by Crippen LogP contribution is -2.51. The van der Waals surface area contributed by atoms with Gasteiger partial charge in [0.15, 0.2) is 5.82 Å². The summed E-state index contributed by atoms with van der Waals surface area (Å²) in [6.45, 7) is 2.18. The molecule has 0 saturated carbocycles. The van der Waals surface area contributed by atoms with E-state index in [2.05, 4.69) is 25.1 Å². The molecule has 4 N–H and O–H groups in total. The summed E-state index contributed by atoms with van der Waals surface area (Å²) in [5, 5.41) is 27.6. The van der Waals surface area contributed by atoms with Crippen LogP contribution in [0.4, 0.5) is 53.6 Å². The first-order valence-corrected chi connectivity index (χ1v) is 21.7. The lowest BCUT2D eigenvalue weighted by molar-refractivity contribution is -0.193. The van der Waals surface area contributed by atoms with E-state index >= 15 is 4.39 Å². The second-order valence-electron chi connectivity index (χ2n) is 15.4. The molecule has 0 radical (unpaired) electrons. The standard InChI is InChI=1S/C35H33ClF2N6O4S.3C2HF3O2/c1-43-18-25(48-24-7-4-8-26(14-24)49(38,45)46)13-23(43)19-47-35-41-33-28(34(42-35)44-16-21-11-12-22(17-44)40-21)15-39-32(31(33)37)27-9-2-5-20-6-3-10-29(36)30(20)27;3*3-2(4,5)1(6)7/h2-10,14-15,21-23,25,40H,11-13,16-19H2,1H3;3*(H,6,7)/t21-,22+,23-,25+;;;/m0.../s1. The van der Waals surface area contributed by atoms with Gasteiger partial charge in [-0.15, -0.1) is 3.89 Å². The quantitative estimate of drug-likeness (QED) is 0.0865. The summed E-state index contributed by atoms with van der Waals surface area (Å²) in [7, 11) is -2.92. The van der Waals surface area contributed by atoms with Crippen LogP contribution in [0.1, 0.15) is 19.3 Å². The number of rotatable bonds is 8. The number of fused-ring (bicyclic) bond motifs is 4. The maximum Gasteiger partial charge on any atom is 0.490 e. The van der Waals surface area contributed by atoms with Gasteiger partial charge in [-0.05, 0) is 43.5 Å². The number of ether oxygens (including phenoxy) is 2. The van der Waals surface area contributed by atoms with Gasteiger partial charge in [-0.3, -0.25) is 9.88 Å². The van der Waals surface area contributed by atoms with Crippen molar-refractivity contribution in [2.24, 2.45) is 0 Å². The van der Waals surface area contributed by atoms with Crippen molar-refractivity contribution < 1.29 is 95.4 Å². The second-order valence-corrected chi connectivity index (χ2v) is 17.2. The summed E-state index contributed by atoms with van der Waals surface area (Å²) in [6, 6.07) is 17.1. The van der Waals surface area contributed by atoms with Crippen LogP contribution < -0.4 is 19.7 Å². The molecule has 3 saturated heterocycles. The highest BCUT2D eigenvalue weighted by atomic mass is 35.5. The van der Waals surface area contributed by atoms with Crippen LogP contribution in [-0.2, 0) is 24.6 Å². The Balaban J connectivity index is 0.000000364. The molecule has 0 amide bonds. The summed E-state index contributed by atoms with van der Waals surface area (Å²) in [4.78, 5) is 44.5. The number of aliphatic carboxylic acids is 3. The Bertz CT molecular complexity index is 2770. The van der Waals surface area contributed by atoms with E-state index in [0.717, 1.165) is 31.3 Å².